The summed E-state index contributed by atoms with van der Waals surface area (Å²) < 4.78 is 24.8. The lowest BCUT2D eigenvalue weighted by Crippen LogP contribution is -2.28. The quantitative estimate of drug-likeness (QED) is 0.499. The molecule has 28 heavy (non-hydrogen) atoms. The zero-order chi connectivity index (χ0) is 20.3. The highest BCUT2D eigenvalue weighted by Crippen LogP contribution is 2.31. The van der Waals surface area contributed by atoms with E-state index in [2.05, 4.69) is 12.1 Å². The predicted molar refractivity (Wildman–Crippen MR) is 112 cm³/mol. The second-order valence-electron chi connectivity index (χ2n) is 7.78. The molecule has 5 heteroatoms. The van der Waals surface area contributed by atoms with Crippen LogP contribution >= 0.6 is 0 Å². The van der Waals surface area contributed by atoms with Crippen molar-refractivity contribution in [2.45, 2.75) is 51.0 Å². The first kappa shape index (κ1) is 20.7. The van der Waals surface area contributed by atoms with Crippen LogP contribution in [-0.4, -0.2) is 24.1 Å². The van der Waals surface area contributed by atoms with Crippen LogP contribution in [0.1, 0.15) is 43.4 Å². The third kappa shape index (κ3) is 4.88. The van der Waals surface area contributed by atoms with E-state index in [0.717, 1.165) is 16.9 Å². The molecular weight excluding hydrogens is 375 g/mol. The summed E-state index contributed by atoms with van der Waals surface area (Å²) in [4.78, 5) is 13.7. The number of ether oxygens (including phenoxy) is 2. The number of aryl methyl sites for hydroxylation is 2. The minimum atomic E-state index is -0.930. The molecular formula is C23H28FO3S+. The second kappa shape index (κ2) is 8.56. The Morgan fingerprint density at radius 3 is 2.36 bits per heavy atom. The van der Waals surface area contributed by atoms with Crippen molar-refractivity contribution in [2.24, 2.45) is 0 Å². The molecule has 2 aromatic carbocycles. The minimum Gasteiger partial charge on any atom is -0.481 e. The summed E-state index contributed by atoms with van der Waals surface area (Å²) >= 11 is 0. The summed E-state index contributed by atoms with van der Waals surface area (Å²) in [6.45, 7) is 7.35. The van der Waals surface area contributed by atoms with E-state index in [1.165, 1.54) is 41.4 Å². The molecule has 0 unspecified atom stereocenters. The van der Waals surface area contributed by atoms with Crippen LogP contribution in [0.2, 0.25) is 0 Å². The number of hydrogen-bond donors (Lipinski definition) is 0. The predicted octanol–water partition coefficient (Wildman–Crippen LogP) is 5.07. The molecule has 150 valence electrons. The maximum atomic E-state index is 13.5. The molecule has 0 saturated carbocycles. The smallest absolute Gasteiger partial charge is 0.345 e. The molecule has 1 aliphatic heterocycles. The molecule has 0 N–H and O–H groups in total. The number of carbonyl (C=O) groups is 1. The van der Waals surface area contributed by atoms with E-state index >= 15 is 0 Å². The Hall–Kier alpha value is -2.01. The maximum absolute atomic E-state index is 13.5. The fourth-order valence-electron chi connectivity index (χ4n) is 3.56. The van der Waals surface area contributed by atoms with Gasteiger partial charge in [-0.3, -0.25) is 0 Å². The average Bonchev–Trinajstić information content (AvgIpc) is 3.15. The van der Waals surface area contributed by atoms with Crippen LogP contribution in [0.4, 0.5) is 4.39 Å². The fourth-order valence-corrected chi connectivity index (χ4v) is 6.03. The monoisotopic (exact) mass is 403 g/mol. The van der Waals surface area contributed by atoms with E-state index < -0.39 is 11.6 Å². The second-order valence-corrected chi connectivity index (χ2v) is 10.1. The Morgan fingerprint density at radius 1 is 1.11 bits per heavy atom. The topological polar surface area (TPSA) is 35.5 Å². The van der Waals surface area contributed by atoms with Crippen molar-refractivity contribution in [1.29, 1.82) is 0 Å². The highest BCUT2D eigenvalue weighted by Gasteiger charge is 2.29. The Kier molecular flexibility index (Phi) is 6.33. The zero-order valence-corrected chi connectivity index (χ0v) is 17.8. The minimum absolute atomic E-state index is 0.175. The molecule has 2 aromatic rings. The van der Waals surface area contributed by atoms with Gasteiger partial charge < -0.3 is 9.47 Å². The Balaban J connectivity index is 1.64. The first-order valence-corrected chi connectivity index (χ1v) is 11.2. The van der Waals surface area contributed by atoms with Gasteiger partial charge in [0.2, 0.25) is 0 Å². The lowest BCUT2D eigenvalue weighted by molar-refractivity contribution is -0.159. The summed E-state index contributed by atoms with van der Waals surface area (Å²) in [6, 6.07) is 10.5. The van der Waals surface area contributed by atoms with Gasteiger partial charge in [0.15, 0.2) is 11.5 Å². The summed E-state index contributed by atoms with van der Waals surface area (Å²) in [5.41, 5.74) is 1.77. The summed E-state index contributed by atoms with van der Waals surface area (Å²) in [7, 11) is 0.353. The molecule has 1 fully saturated rings. The highest BCUT2D eigenvalue weighted by atomic mass is 32.2. The van der Waals surface area contributed by atoms with Gasteiger partial charge in [-0.05, 0) is 81.5 Å². The molecule has 1 heterocycles. The van der Waals surface area contributed by atoms with Crippen molar-refractivity contribution in [3.8, 4) is 5.75 Å². The standard InChI is InChI=1S/C23H28FO3S/c1-16-12-20(28-10-5-6-11-28)13-17(2)22(16)26-15-21(25)27-23(3,4)18-8-7-9-19(24)14-18/h7-9,12-14H,5-6,10-11,15H2,1-4H3/q+1. The van der Waals surface area contributed by atoms with E-state index in [4.69, 9.17) is 9.47 Å². The third-order valence-electron chi connectivity index (χ3n) is 5.02. The molecule has 0 bridgehead atoms. The van der Waals surface area contributed by atoms with Crippen LogP contribution in [0.3, 0.4) is 0 Å². The van der Waals surface area contributed by atoms with Gasteiger partial charge in [0.1, 0.15) is 28.7 Å². The zero-order valence-electron chi connectivity index (χ0n) is 17.0. The Labute approximate surface area is 169 Å². The van der Waals surface area contributed by atoms with E-state index in [0.29, 0.717) is 16.5 Å². The van der Waals surface area contributed by atoms with Gasteiger partial charge >= 0.3 is 5.97 Å². The number of esters is 1. The molecule has 0 aromatic heterocycles. The molecule has 1 aliphatic rings. The number of hydrogen-bond acceptors (Lipinski definition) is 3. The summed E-state index contributed by atoms with van der Waals surface area (Å²) in [6.07, 6.45) is 2.62. The van der Waals surface area contributed by atoms with Crippen molar-refractivity contribution in [3.63, 3.8) is 0 Å². The van der Waals surface area contributed by atoms with E-state index in [1.54, 1.807) is 26.0 Å². The Bertz CT molecular complexity index is 834. The first-order chi connectivity index (χ1) is 13.3. The molecule has 1 saturated heterocycles. The lowest BCUT2D eigenvalue weighted by Gasteiger charge is -2.26. The van der Waals surface area contributed by atoms with Crippen LogP contribution < -0.4 is 4.74 Å². The van der Waals surface area contributed by atoms with Gasteiger partial charge in [-0.25, -0.2) is 9.18 Å². The fraction of sp³-hybridized carbons (Fsp3) is 0.435. The normalized spacial score (nSPS) is 14.9. The first-order valence-electron chi connectivity index (χ1n) is 9.66. The summed E-state index contributed by atoms with van der Waals surface area (Å²) in [5.74, 6) is 2.47. The molecule has 3 rings (SSSR count). The third-order valence-corrected chi connectivity index (χ3v) is 7.49. The molecule has 0 spiro atoms. The van der Waals surface area contributed by atoms with Crippen LogP contribution in [0.25, 0.3) is 0 Å². The molecule has 0 aliphatic carbocycles. The van der Waals surface area contributed by atoms with E-state index in [-0.39, 0.29) is 12.4 Å². The summed E-state index contributed by atoms with van der Waals surface area (Å²) in [5, 5.41) is 0. The van der Waals surface area contributed by atoms with Crippen LogP contribution in [0.5, 0.6) is 5.75 Å². The lowest BCUT2D eigenvalue weighted by atomic mass is 9.98. The van der Waals surface area contributed by atoms with Crippen molar-refractivity contribution in [3.05, 3.63) is 58.9 Å². The van der Waals surface area contributed by atoms with Crippen LogP contribution in [0.15, 0.2) is 41.3 Å². The molecule has 0 radical (unpaired) electrons. The maximum Gasteiger partial charge on any atom is 0.345 e. The average molecular weight is 404 g/mol. The highest BCUT2D eigenvalue weighted by molar-refractivity contribution is 7.97. The van der Waals surface area contributed by atoms with Crippen molar-refractivity contribution in [1.82, 2.24) is 0 Å². The van der Waals surface area contributed by atoms with Gasteiger partial charge in [-0.15, -0.1) is 0 Å². The number of halogens is 1. The van der Waals surface area contributed by atoms with Gasteiger partial charge in [0.25, 0.3) is 0 Å². The molecule has 3 nitrogen and oxygen atoms in total. The van der Waals surface area contributed by atoms with Crippen LogP contribution in [0, 0.1) is 19.7 Å². The Morgan fingerprint density at radius 2 is 1.75 bits per heavy atom. The van der Waals surface area contributed by atoms with Gasteiger partial charge in [0.05, 0.1) is 0 Å². The van der Waals surface area contributed by atoms with Crippen molar-refractivity contribution in [2.75, 3.05) is 18.1 Å². The van der Waals surface area contributed by atoms with Gasteiger partial charge in [-0.2, -0.15) is 0 Å². The van der Waals surface area contributed by atoms with Gasteiger partial charge in [0, 0.05) is 10.9 Å². The number of carbonyl (C=O) groups excluding carboxylic acids is 1. The van der Waals surface area contributed by atoms with Gasteiger partial charge in [-0.1, -0.05) is 12.1 Å². The van der Waals surface area contributed by atoms with E-state index in [9.17, 15) is 9.18 Å². The molecule has 0 amide bonds. The van der Waals surface area contributed by atoms with Crippen LogP contribution in [-0.2, 0) is 26.0 Å². The molecule has 0 atom stereocenters. The SMILES string of the molecule is Cc1cc([S+]2CCCC2)cc(C)c1OCC(=O)OC(C)(C)c1cccc(F)c1. The van der Waals surface area contributed by atoms with Crippen molar-refractivity contribution < 1.29 is 18.7 Å². The number of benzene rings is 2. The van der Waals surface area contributed by atoms with Crippen molar-refractivity contribution >= 4 is 16.9 Å². The van der Waals surface area contributed by atoms with E-state index in [1.807, 2.05) is 13.8 Å². The largest absolute Gasteiger partial charge is 0.481 e. The number of rotatable bonds is 6.